The number of carbonyl (C=O) groups is 2. The molecule has 0 fully saturated rings. The van der Waals surface area contributed by atoms with Crippen molar-refractivity contribution >= 4 is 23.4 Å². The molecule has 0 aliphatic heterocycles. The van der Waals surface area contributed by atoms with Crippen LogP contribution >= 0.6 is 0 Å². The number of carbonyl (C=O) groups excluding carboxylic acids is 1. The normalized spacial score (nSPS) is 10.9. The first-order valence-corrected chi connectivity index (χ1v) is 11.3. The highest BCUT2D eigenvalue weighted by molar-refractivity contribution is 5.82. The first-order chi connectivity index (χ1) is 17.0. The first kappa shape index (κ1) is 26.3. The molecule has 0 aliphatic carbocycles. The number of carboxylic acids is 1. The molecule has 0 aliphatic rings. The molecule has 3 rings (SSSR count). The smallest absolute Gasteiger partial charge is 0.355 e. The molecule has 11 heteroatoms. The van der Waals surface area contributed by atoms with Crippen molar-refractivity contribution in [1.29, 1.82) is 0 Å². The van der Waals surface area contributed by atoms with Gasteiger partial charge in [0, 0.05) is 18.2 Å². The van der Waals surface area contributed by atoms with Crippen molar-refractivity contribution in [2.24, 2.45) is 0 Å². The Balaban J connectivity index is 2.00. The van der Waals surface area contributed by atoms with Crippen molar-refractivity contribution < 1.29 is 23.8 Å². The molecule has 0 atom stereocenters. The van der Waals surface area contributed by atoms with Crippen molar-refractivity contribution in [3.8, 4) is 5.75 Å². The number of nitrogens with zero attached hydrogens (tertiary/aromatic N) is 3. The number of aryl methyl sites for hydroxylation is 1. The van der Waals surface area contributed by atoms with Crippen molar-refractivity contribution in [2.45, 2.75) is 52.8 Å². The number of carboxylic acid groups (broad SMARTS) is 1. The van der Waals surface area contributed by atoms with E-state index in [2.05, 4.69) is 10.3 Å². The monoisotopic (exact) mass is 498 g/mol. The van der Waals surface area contributed by atoms with E-state index in [1.807, 2.05) is 19.1 Å². The van der Waals surface area contributed by atoms with Gasteiger partial charge in [-0.15, -0.1) is 0 Å². The molecule has 0 radical (unpaired) electrons. The van der Waals surface area contributed by atoms with E-state index >= 15 is 0 Å². The Morgan fingerprint density at radius 1 is 1.08 bits per heavy atom. The number of ether oxygens (including phenoxy) is 1. The van der Waals surface area contributed by atoms with Gasteiger partial charge in [0.2, 0.25) is 5.95 Å². The van der Waals surface area contributed by atoms with Crippen molar-refractivity contribution in [3.63, 3.8) is 0 Å². The number of halogens is 1. The average Bonchev–Trinajstić information content (AvgIpc) is 2.80. The number of benzene rings is 2. The molecule has 3 aromatic rings. The van der Waals surface area contributed by atoms with Crippen LogP contribution < -0.4 is 21.4 Å². The summed E-state index contributed by atoms with van der Waals surface area (Å²) in [6.45, 7) is 4.84. The lowest BCUT2D eigenvalue weighted by Gasteiger charge is -2.16. The molecule has 2 aromatic carbocycles. The third-order valence-electron chi connectivity index (χ3n) is 5.11. The van der Waals surface area contributed by atoms with Crippen LogP contribution in [-0.4, -0.2) is 37.1 Å². The summed E-state index contributed by atoms with van der Waals surface area (Å²) < 4.78 is 21.7. The molecular weight excluding hydrogens is 471 g/mol. The Morgan fingerprint density at radius 3 is 2.39 bits per heavy atom. The third-order valence-corrected chi connectivity index (χ3v) is 5.11. The molecule has 0 saturated heterocycles. The zero-order valence-corrected chi connectivity index (χ0v) is 20.2. The number of aliphatic carboxylic acids is 1. The summed E-state index contributed by atoms with van der Waals surface area (Å²) in [6.07, 6.45) is -0.978. The largest absolute Gasteiger partial charge is 0.488 e. The molecule has 190 valence electrons. The maximum Gasteiger partial charge on any atom is 0.355 e. The summed E-state index contributed by atoms with van der Waals surface area (Å²) in [7, 11) is 0. The van der Waals surface area contributed by atoms with Crippen molar-refractivity contribution in [1.82, 2.24) is 14.1 Å². The minimum atomic E-state index is -1.16. The Hall–Kier alpha value is -4.28. The van der Waals surface area contributed by atoms with Gasteiger partial charge in [0.05, 0.1) is 25.6 Å². The quantitative estimate of drug-likeness (QED) is 0.412. The lowest BCUT2D eigenvalue weighted by molar-refractivity contribution is -0.138. The van der Waals surface area contributed by atoms with Gasteiger partial charge in [0.1, 0.15) is 0 Å². The standard InChI is InChI=1S/C25H27FN4O6/c1-15(2)36-21-10-8-18(12-20(21)26)27-23-28-24(34)30(14-19(31)9-11-22(32)33)25(35)29(23)13-17-6-4-16(3)5-7-17/h4-8,10,12,15H,9,11,13-14H2,1-3H3,(H,32,33)(H,27,28,34). The van der Waals surface area contributed by atoms with E-state index in [1.54, 1.807) is 26.0 Å². The lowest BCUT2D eigenvalue weighted by Crippen LogP contribution is -2.44. The van der Waals surface area contributed by atoms with Gasteiger partial charge in [-0.3, -0.25) is 14.2 Å². The third kappa shape index (κ3) is 6.87. The van der Waals surface area contributed by atoms with Crippen LogP contribution in [0.25, 0.3) is 0 Å². The number of aromatic nitrogens is 3. The number of hydrogen-bond donors (Lipinski definition) is 2. The molecule has 0 unspecified atom stereocenters. The predicted molar refractivity (Wildman–Crippen MR) is 130 cm³/mol. The number of Topliss-reactive ketones (excluding diaryl/α,β-unsaturated/α-hetero) is 1. The fraction of sp³-hybridized carbons (Fsp3) is 0.320. The predicted octanol–water partition coefficient (Wildman–Crippen LogP) is 2.87. The van der Waals surface area contributed by atoms with Crippen molar-refractivity contribution in [3.05, 3.63) is 80.4 Å². The van der Waals surface area contributed by atoms with Gasteiger partial charge >= 0.3 is 17.3 Å². The molecule has 0 bridgehead atoms. The first-order valence-electron chi connectivity index (χ1n) is 11.3. The van der Waals surface area contributed by atoms with Crippen LogP contribution in [0.3, 0.4) is 0 Å². The highest BCUT2D eigenvalue weighted by Crippen LogP contribution is 2.24. The van der Waals surface area contributed by atoms with Crippen LogP contribution in [0.4, 0.5) is 16.0 Å². The van der Waals surface area contributed by atoms with Crippen LogP contribution in [0.1, 0.15) is 37.8 Å². The summed E-state index contributed by atoms with van der Waals surface area (Å²) in [6, 6.07) is 11.4. The maximum atomic E-state index is 14.5. The van der Waals surface area contributed by atoms with E-state index in [9.17, 15) is 23.6 Å². The van der Waals surface area contributed by atoms with E-state index in [-0.39, 0.29) is 36.5 Å². The topological polar surface area (TPSA) is 133 Å². The molecule has 36 heavy (non-hydrogen) atoms. The maximum absolute atomic E-state index is 14.5. The SMILES string of the molecule is Cc1ccc(Cn2c(Nc3ccc(OC(C)C)c(F)c3)nc(=O)n(CC(=O)CCC(=O)O)c2=O)cc1. The fourth-order valence-corrected chi connectivity index (χ4v) is 3.34. The number of hydrogen-bond acceptors (Lipinski definition) is 7. The van der Waals surface area contributed by atoms with E-state index in [0.29, 0.717) is 4.57 Å². The summed E-state index contributed by atoms with van der Waals surface area (Å²) >= 11 is 0. The Morgan fingerprint density at radius 2 is 1.78 bits per heavy atom. The van der Waals surface area contributed by atoms with E-state index in [4.69, 9.17) is 9.84 Å². The Labute approximate surface area is 206 Å². The molecule has 10 nitrogen and oxygen atoms in total. The number of rotatable bonds is 11. The van der Waals surface area contributed by atoms with E-state index in [1.165, 1.54) is 12.1 Å². The minimum Gasteiger partial charge on any atom is -0.488 e. The van der Waals surface area contributed by atoms with Crippen molar-refractivity contribution in [2.75, 3.05) is 5.32 Å². The van der Waals surface area contributed by atoms with Gasteiger partial charge in [0.25, 0.3) is 0 Å². The second kappa shape index (κ2) is 11.4. The molecule has 1 aromatic heterocycles. The molecular formula is C25H27FN4O6. The van der Waals surface area contributed by atoms with E-state index in [0.717, 1.165) is 21.8 Å². The molecule has 1 heterocycles. The lowest BCUT2D eigenvalue weighted by atomic mass is 10.1. The molecule has 0 spiro atoms. The molecule has 0 saturated carbocycles. The Kier molecular flexibility index (Phi) is 8.36. The molecule has 0 amide bonds. The summed E-state index contributed by atoms with van der Waals surface area (Å²) in [4.78, 5) is 52.8. The fourth-order valence-electron chi connectivity index (χ4n) is 3.34. The zero-order valence-electron chi connectivity index (χ0n) is 20.2. The van der Waals surface area contributed by atoms with Crippen LogP contribution in [0, 0.1) is 12.7 Å². The number of anilines is 2. The molecule has 2 N–H and O–H groups in total. The summed E-state index contributed by atoms with van der Waals surface area (Å²) in [5, 5.41) is 11.6. The summed E-state index contributed by atoms with van der Waals surface area (Å²) in [5.41, 5.74) is 0.147. The highest BCUT2D eigenvalue weighted by Gasteiger charge is 2.17. The number of ketones is 1. The van der Waals surface area contributed by atoms with Gasteiger partial charge < -0.3 is 15.2 Å². The van der Waals surface area contributed by atoms with Gasteiger partial charge in [-0.2, -0.15) is 4.98 Å². The number of nitrogens with one attached hydrogen (secondary N) is 1. The second-order valence-electron chi connectivity index (χ2n) is 8.53. The van der Waals surface area contributed by atoms with Crippen LogP contribution in [0.2, 0.25) is 0 Å². The van der Waals surface area contributed by atoms with Crippen LogP contribution in [-0.2, 0) is 22.7 Å². The zero-order chi connectivity index (χ0) is 26.4. The van der Waals surface area contributed by atoms with Gasteiger partial charge in [-0.25, -0.2) is 18.5 Å². The van der Waals surface area contributed by atoms with E-state index < -0.39 is 41.9 Å². The highest BCUT2D eigenvalue weighted by atomic mass is 19.1. The summed E-state index contributed by atoms with van der Waals surface area (Å²) in [5.74, 6) is -2.49. The van der Waals surface area contributed by atoms with Crippen LogP contribution in [0.5, 0.6) is 5.75 Å². The van der Waals surface area contributed by atoms with Gasteiger partial charge in [0.15, 0.2) is 17.3 Å². The van der Waals surface area contributed by atoms with Gasteiger partial charge in [-0.1, -0.05) is 29.8 Å². The Bertz CT molecular complexity index is 1380. The minimum absolute atomic E-state index is 0.00900. The van der Waals surface area contributed by atoms with Crippen LogP contribution in [0.15, 0.2) is 52.1 Å². The second-order valence-corrected chi connectivity index (χ2v) is 8.53. The average molecular weight is 499 g/mol. The van der Waals surface area contributed by atoms with Gasteiger partial charge in [-0.05, 0) is 38.5 Å².